The number of nitrogens with zero attached hydrogens (tertiary/aromatic N) is 2. The van der Waals surface area contributed by atoms with Crippen LogP contribution in [0.2, 0.25) is 0 Å². The van der Waals surface area contributed by atoms with E-state index in [2.05, 4.69) is 33.5 Å². The van der Waals surface area contributed by atoms with Gasteiger partial charge in [-0.1, -0.05) is 42.5 Å². The zero-order chi connectivity index (χ0) is 27.4. The third kappa shape index (κ3) is 4.15. The molecular formula is C33H28N4O3. The third-order valence-corrected chi connectivity index (χ3v) is 7.85. The molecule has 1 amide bonds. The minimum Gasteiger partial charge on any atom is -0.441 e. The molecule has 5 aromatic rings. The van der Waals surface area contributed by atoms with Crippen molar-refractivity contribution in [2.75, 3.05) is 5.73 Å². The number of anilines is 1. The van der Waals surface area contributed by atoms with Gasteiger partial charge in [-0.25, -0.2) is 9.97 Å². The Balaban J connectivity index is 1.09. The molecule has 2 aliphatic heterocycles. The second kappa shape index (κ2) is 9.47. The number of hydrogen-bond acceptors (Lipinski definition) is 6. The second-order valence-electron chi connectivity index (χ2n) is 10.5. The van der Waals surface area contributed by atoms with Gasteiger partial charge < -0.3 is 20.2 Å². The van der Waals surface area contributed by atoms with E-state index < -0.39 is 0 Å². The Labute approximate surface area is 232 Å². The lowest BCUT2D eigenvalue weighted by Gasteiger charge is -2.18. The van der Waals surface area contributed by atoms with Crippen molar-refractivity contribution >= 4 is 11.7 Å². The van der Waals surface area contributed by atoms with Gasteiger partial charge in [0.1, 0.15) is 23.8 Å². The highest BCUT2D eigenvalue weighted by Crippen LogP contribution is 2.54. The molecule has 7 heteroatoms. The lowest BCUT2D eigenvalue weighted by atomic mass is 9.84. The van der Waals surface area contributed by atoms with Crippen molar-refractivity contribution in [2.45, 2.75) is 39.0 Å². The second-order valence-corrected chi connectivity index (χ2v) is 10.5. The molecule has 3 N–H and O–H groups in total. The van der Waals surface area contributed by atoms with Gasteiger partial charge in [0.2, 0.25) is 5.89 Å². The van der Waals surface area contributed by atoms with Crippen molar-refractivity contribution in [1.29, 1.82) is 0 Å². The number of carbonyl (C=O) groups is 1. The van der Waals surface area contributed by atoms with Crippen LogP contribution in [0, 0.1) is 13.8 Å². The molecule has 2 aliphatic rings. The Kier molecular flexibility index (Phi) is 5.75. The van der Waals surface area contributed by atoms with Crippen LogP contribution in [-0.4, -0.2) is 15.9 Å². The molecule has 7 rings (SSSR count). The fourth-order valence-electron chi connectivity index (χ4n) is 5.88. The van der Waals surface area contributed by atoms with Crippen LogP contribution in [-0.2, 0) is 17.7 Å². The summed E-state index contributed by atoms with van der Waals surface area (Å²) < 4.78 is 12.4. The van der Waals surface area contributed by atoms with Gasteiger partial charge >= 0.3 is 0 Å². The highest BCUT2D eigenvalue weighted by Gasteiger charge is 2.43. The van der Waals surface area contributed by atoms with Crippen molar-refractivity contribution in [2.24, 2.45) is 0 Å². The normalized spacial score (nSPS) is 16.6. The zero-order valence-electron chi connectivity index (χ0n) is 22.3. The highest BCUT2D eigenvalue weighted by molar-refractivity contribution is 5.94. The third-order valence-electron chi connectivity index (χ3n) is 7.85. The molecule has 0 fully saturated rings. The predicted octanol–water partition coefficient (Wildman–Crippen LogP) is 5.98. The van der Waals surface area contributed by atoms with E-state index in [0.29, 0.717) is 30.2 Å². The fraction of sp³-hybridized carbons (Fsp3) is 0.182. The quantitative estimate of drug-likeness (QED) is 0.281. The van der Waals surface area contributed by atoms with Gasteiger partial charge in [0.05, 0.1) is 6.20 Å². The first-order valence-corrected chi connectivity index (χ1v) is 13.4. The first-order chi connectivity index (χ1) is 19.4. The fourth-order valence-corrected chi connectivity index (χ4v) is 5.88. The number of oxazole rings is 1. The van der Waals surface area contributed by atoms with Crippen LogP contribution in [0.25, 0.3) is 11.5 Å². The molecule has 2 aromatic heterocycles. The van der Waals surface area contributed by atoms with Crippen molar-refractivity contribution in [3.63, 3.8) is 0 Å². The van der Waals surface area contributed by atoms with E-state index in [-0.39, 0.29) is 18.1 Å². The molecule has 2 atom stereocenters. The van der Waals surface area contributed by atoms with Gasteiger partial charge in [-0.15, -0.1) is 0 Å². The number of nitrogen functional groups attached to an aromatic ring is 1. The van der Waals surface area contributed by atoms with Crippen molar-refractivity contribution in [3.05, 3.63) is 135 Å². The summed E-state index contributed by atoms with van der Waals surface area (Å²) in [5, 5.41) is 3.04. The van der Waals surface area contributed by atoms with E-state index in [9.17, 15) is 4.79 Å². The Bertz CT molecular complexity index is 1750. The van der Waals surface area contributed by atoms with Crippen LogP contribution in [0.3, 0.4) is 0 Å². The number of pyridine rings is 1. The number of amides is 1. The Hall–Kier alpha value is -4.75. The molecule has 7 nitrogen and oxygen atoms in total. The number of aryl methyl sites for hydroxylation is 2. The molecule has 0 aliphatic carbocycles. The number of ether oxygens (including phenoxy) is 1. The smallest absolute Gasteiger partial charge is 0.251 e. The molecule has 0 saturated carbocycles. The summed E-state index contributed by atoms with van der Waals surface area (Å²) in [5.41, 5.74) is 15.9. The highest BCUT2D eigenvalue weighted by atomic mass is 16.5. The summed E-state index contributed by atoms with van der Waals surface area (Å²) in [7, 11) is 0. The van der Waals surface area contributed by atoms with Gasteiger partial charge in [-0.3, -0.25) is 4.79 Å². The Morgan fingerprint density at radius 3 is 2.48 bits per heavy atom. The van der Waals surface area contributed by atoms with Crippen molar-refractivity contribution in [3.8, 4) is 11.5 Å². The number of aromatic nitrogens is 2. The summed E-state index contributed by atoms with van der Waals surface area (Å²) in [6.45, 7) is 4.28. The first kappa shape index (κ1) is 24.3. The number of rotatable bonds is 6. The molecule has 40 heavy (non-hydrogen) atoms. The maximum atomic E-state index is 13.1. The Morgan fingerprint density at radius 2 is 1.68 bits per heavy atom. The number of nitrogens with two attached hydrogens (primary N) is 1. The van der Waals surface area contributed by atoms with Crippen molar-refractivity contribution in [1.82, 2.24) is 15.3 Å². The molecule has 3 aromatic carbocycles. The van der Waals surface area contributed by atoms with E-state index in [1.165, 1.54) is 5.56 Å². The summed E-state index contributed by atoms with van der Waals surface area (Å²) in [4.78, 5) is 21.9. The van der Waals surface area contributed by atoms with Crippen LogP contribution >= 0.6 is 0 Å². The SMILES string of the molecule is Cc1cc(N)nc(C)c1CNC(=O)c1ccc2c(c1)C1OC2c2ccc(Cc3cnc(-c4ccccc4)o3)cc21. The number of fused-ring (bicyclic) bond motifs is 8. The molecule has 0 spiro atoms. The average molecular weight is 529 g/mol. The summed E-state index contributed by atoms with van der Waals surface area (Å²) in [6, 6.07) is 24.1. The van der Waals surface area contributed by atoms with E-state index in [4.69, 9.17) is 14.9 Å². The van der Waals surface area contributed by atoms with E-state index >= 15 is 0 Å². The van der Waals surface area contributed by atoms with Crippen LogP contribution in [0.5, 0.6) is 0 Å². The standard InChI is InChI=1S/C33H28N4O3/c1-18-12-29(34)37-19(2)28(18)17-35-32(38)22-9-11-25-27(15-22)31-26-14-20(8-10-24(26)30(25)40-31)13-23-16-36-33(39-23)21-6-4-3-5-7-21/h3-12,14-16,30-31H,13,17H2,1-2H3,(H2,34,37)(H,35,38). The van der Waals surface area contributed by atoms with Crippen LogP contribution in [0.4, 0.5) is 5.82 Å². The number of carbonyl (C=O) groups excluding carboxylic acids is 1. The largest absolute Gasteiger partial charge is 0.441 e. The van der Waals surface area contributed by atoms with Crippen LogP contribution < -0.4 is 11.1 Å². The van der Waals surface area contributed by atoms with E-state index in [1.807, 2.05) is 68.4 Å². The molecule has 2 unspecified atom stereocenters. The Morgan fingerprint density at radius 1 is 0.925 bits per heavy atom. The molecule has 0 radical (unpaired) electrons. The number of benzene rings is 3. The summed E-state index contributed by atoms with van der Waals surface area (Å²) >= 11 is 0. The molecular weight excluding hydrogens is 500 g/mol. The first-order valence-electron chi connectivity index (χ1n) is 13.4. The van der Waals surface area contributed by atoms with E-state index in [0.717, 1.165) is 50.4 Å². The predicted molar refractivity (Wildman–Crippen MR) is 152 cm³/mol. The molecule has 198 valence electrons. The molecule has 2 bridgehead atoms. The van der Waals surface area contributed by atoms with Crippen LogP contribution in [0.1, 0.15) is 73.0 Å². The minimum atomic E-state index is -0.192. The lowest BCUT2D eigenvalue weighted by molar-refractivity contribution is 0.0857. The number of nitrogens with one attached hydrogen (secondary N) is 1. The number of hydrogen-bond donors (Lipinski definition) is 2. The lowest BCUT2D eigenvalue weighted by Crippen LogP contribution is -2.24. The zero-order valence-corrected chi connectivity index (χ0v) is 22.3. The summed E-state index contributed by atoms with van der Waals surface area (Å²) in [6.07, 6.45) is 2.13. The van der Waals surface area contributed by atoms with Gasteiger partial charge in [0, 0.05) is 29.8 Å². The molecule has 0 saturated heterocycles. The van der Waals surface area contributed by atoms with Gasteiger partial charge in [-0.2, -0.15) is 0 Å². The van der Waals surface area contributed by atoms with E-state index in [1.54, 1.807) is 6.20 Å². The topological polar surface area (TPSA) is 103 Å². The summed E-state index contributed by atoms with van der Waals surface area (Å²) in [5.74, 6) is 1.79. The maximum absolute atomic E-state index is 13.1. The maximum Gasteiger partial charge on any atom is 0.251 e. The van der Waals surface area contributed by atoms with Crippen molar-refractivity contribution < 1.29 is 13.9 Å². The van der Waals surface area contributed by atoms with Gasteiger partial charge in [0.15, 0.2) is 0 Å². The monoisotopic (exact) mass is 528 g/mol. The van der Waals surface area contributed by atoms with Gasteiger partial charge in [0.25, 0.3) is 5.91 Å². The average Bonchev–Trinajstić information content (AvgIpc) is 3.67. The molecule has 4 heterocycles. The minimum absolute atomic E-state index is 0.109. The van der Waals surface area contributed by atoms with Gasteiger partial charge in [-0.05, 0) is 83.1 Å². The van der Waals surface area contributed by atoms with Crippen LogP contribution in [0.15, 0.2) is 83.4 Å².